The minimum atomic E-state index is -2.17. The van der Waals surface area contributed by atoms with E-state index in [-0.39, 0.29) is 20.0 Å². The Labute approximate surface area is 77.8 Å². The van der Waals surface area contributed by atoms with E-state index in [0.717, 1.165) is 0 Å². The van der Waals surface area contributed by atoms with Gasteiger partial charge in [0.05, 0.1) is 0 Å². The number of hydrogen-bond donors (Lipinski definition) is 9. The molecule has 0 aromatic heterocycles. The van der Waals surface area contributed by atoms with Crippen molar-refractivity contribution in [3.8, 4) is 0 Å². The lowest BCUT2D eigenvalue weighted by Crippen LogP contribution is -2.08. The average Bonchev–Trinajstić information content (AvgIpc) is 1.88. The first-order valence-electron chi connectivity index (χ1n) is 3.22. The maximum absolute atomic E-state index is 7.17. The van der Waals surface area contributed by atoms with E-state index >= 15 is 0 Å². The van der Waals surface area contributed by atoms with Crippen LogP contribution in [0.2, 0.25) is 0 Å². The van der Waals surface area contributed by atoms with Crippen LogP contribution >= 0.6 is 0 Å². The second-order valence-corrected chi connectivity index (χ2v) is 1.05. The van der Waals surface area contributed by atoms with Gasteiger partial charge in [-0.2, -0.15) is 0 Å². The molecule has 0 aromatic rings. The first kappa shape index (κ1) is 23.0. The van der Waals surface area contributed by atoms with Crippen LogP contribution in [0.15, 0.2) is 0 Å². The summed E-state index contributed by atoms with van der Waals surface area (Å²) in [5, 5.41) is 21.5. The number of nitrogens with two attached hydrogens (primary N) is 6. The average molecular weight is 200 g/mol. The van der Waals surface area contributed by atoms with Crippen molar-refractivity contribution in [3.63, 3.8) is 0 Å². The Balaban J connectivity index is -0.0000000420. The normalized spacial score (nSPS) is 6.23. The van der Waals surface area contributed by atoms with Gasteiger partial charge in [0.1, 0.15) is 0 Å². The highest BCUT2D eigenvalue weighted by atomic mass is 16.5. The molecule has 0 amide bonds. The Morgan fingerprint density at radius 3 is 0.615 bits per heavy atom. The molecule has 0 atom stereocenters. The predicted octanol–water partition coefficient (Wildman–Crippen LogP) is -5.47. The summed E-state index contributed by atoms with van der Waals surface area (Å²) in [7, 11) is -2.17. The molecule has 0 aliphatic heterocycles. The van der Waals surface area contributed by atoms with Crippen molar-refractivity contribution in [2.75, 3.05) is 20.0 Å². The van der Waals surface area contributed by atoms with E-state index in [0.29, 0.717) is 0 Å². The molecule has 9 nitrogen and oxygen atoms in total. The van der Waals surface area contributed by atoms with E-state index in [1.807, 2.05) is 0 Å². The topological polar surface area (TPSA) is 217 Å². The van der Waals surface area contributed by atoms with Gasteiger partial charge in [0, 0.05) is 20.0 Å². The van der Waals surface area contributed by atoms with Gasteiger partial charge < -0.3 is 49.5 Å². The van der Waals surface area contributed by atoms with Gasteiger partial charge in [0.15, 0.2) is 0 Å². The van der Waals surface area contributed by atoms with Gasteiger partial charge in [-0.15, -0.1) is 0 Å². The van der Waals surface area contributed by atoms with E-state index in [9.17, 15) is 0 Å². The molecule has 0 saturated carbocycles. The second kappa shape index (κ2) is 41.2. The zero-order chi connectivity index (χ0) is 11.7. The summed E-state index contributed by atoms with van der Waals surface area (Å²) < 4.78 is 0. The fraction of sp³-hybridized carbons (Fsp3) is 1.00. The molecule has 0 bridgehead atoms. The van der Waals surface area contributed by atoms with Crippen LogP contribution in [0.4, 0.5) is 0 Å². The van der Waals surface area contributed by atoms with Crippen molar-refractivity contribution in [1.29, 1.82) is 0 Å². The smallest absolute Gasteiger partial charge is 0.402 e. The van der Waals surface area contributed by atoms with Crippen molar-refractivity contribution in [2.45, 2.75) is 0 Å². The van der Waals surface area contributed by atoms with Crippen LogP contribution in [0.5, 0.6) is 0 Å². The van der Waals surface area contributed by atoms with E-state index < -0.39 is 7.32 Å². The van der Waals surface area contributed by atoms with Crippen molar-refractivity contribution >= 4 is 7.32 Å². The Bertz CT molecular complexity index is 44.6. The maximum Gasteiger partial charge on any atom is 0.631 e. The molecule has 84 valence electrons. The lowest BCUT2D eigenvalue weighted by atomic mass is 10.3. The molecule has 0 spiro atoms. The molecule has 0 aromatic carbocycles. The van der Waals surface area contributed by atoms with Gasteiger partial charge in [-0.25, -0.2) is 0 Å². The van der Waals surface area contributed by atoms with Crippen molar-refractivity contribution < 1.29 is 15.1 Å². The quantitative estimate of drug-likeness (QED) is 0.134. The minimum absolute atomic E-state index is 0.250. The minimum Gasteiger partial charge on any atom is -0.402 e. The number of rotatable bonds is 0. The fourth-order valence-electron chi connectivity index (χ4n) is 0. The SMILES string of the molecule is NCN.NCN.NCN.OB(O)O. The summed E-state index contributed by atoms with van der Waals surface area (Å²) in [6, 6.07) is 0. The molecule has 0 saturated heterocycles. The van der Waals surface area contributed by atoms with E-state index in [1.54, 1.807) is 0 Å². The Hall–Kier alpha value is -0.295. The van der Waals surface area contributed by atoms with Crippen molar-refractivity contribution in [2.24, 2.45) is 34.4 Å². The summed E-state index contributed by atoms with van der Waals surface area (Å²) in [5.74, 6) is 0. The van der Waals surface area contributed by atoms with E-state index in [1.165, 1.54) is 0 Å². The molecular formula is C3H21BN6O3. The Morgan fingerprint density at radius 1 is 0.615 bits per heavy atom. The fourth-order valence-corrected chi connectivity index (χ4v) is 0. The summed E-state index contributed by atoms with van der Waals surface area (Å²) in [5.41, 5.74) is 27.8. The van der Waals surface area contributed by atoms with Gasteiger partial charge in [0.25, 0.3) is 0 Å². The summed E-state index contributed by atoms with van der Waals surface area (Å²) in [6.45, 7) is 0.750. The monoisotopic (exact) mass is 200 g/mol. The second-order valence-electron chi connectivity index (χ2n) is 1.05. The molecule has 10 heteroatoms. The third kappa shape index (κ3) is 12700. The molecular weight excluding hydrogens is 179 g/mol. The maximum atomic E-state index is 7.17. The highest BCUT2D eigenvalue weighted by molar-refractivity contribution is 6.30. The van der Waals surface area contributed by atoms with Crippen molar-refractivity contribution in [1.82, 2.24) is 0 Å². The summed E-state index contributed by atoms with van der Waals surface area (Å²) in [6.07, 6.45) is 0. The van der Waals surface area contributed by atoms with Crippen LogP contribution in [0.25, 0.3) is 0 Å². The summed E-state index contributed by atoms with van der Waals surface area (Å²) >= 11 is 0. The molecule has 0 fully saturated rings. The summed E-state index contributed by atoms with van der Waals surface area (Å²) in [4.78, 5) is 0. The van der Waals surface area contributed by atoms with Crippen LogP contribution in [0, 0.1) is 0 Å². The molecule has 0 unspecified atom stereocenters. The molecule has 0 aliphatic rings. The molecule has 0 aliphatic carbocycles. The highest BCUT2D eigenvalue weighted by Crippen LogP contribution is 1.40. The standard InChI is InChI=1S/3CH6N2.BH3O3/c3*2-1-3;2-1(3)4/h3*1-3H2;2-4H. The zero-order valence-electron chi connectivity index (χ0n) is 7.50. The van der Waals surface area contributed by atoms with E-state index in [2.05, 4.69) is 34.4 Å². The van der Waals surface area contributed by atoms with E-state index in [4.69, 9.17) is 15.1 Å². The van der Waals surface area contributed by atoms with Gasteiger partial charge in [0.2, 0.25) is 0 Å². The highest BCUT2D eigenvalue weighted by Gasteiger charge is 1.92. The van der Waals surface area contributed by atoms with Crippen LogP contribution in [-0.2, 0) is 0 Å². The Kier molecular flexibility index (Phi) is 72.8. The number of hydrogen-bond acceptors (Lipinski definition) is 9. The van der Waals surface area contributed by atoms with Crippen LogP contribution in [0.3, 0.4) is 0 Å². The molecule has 13 heavy (non-hydrogen) atoms. The van der Waals surface area contributed by atoms with Crippen LogP contribution in [0.1, 0.15) is 0 Å². The lowest BCUT2D eigenvalue weighted by Gasteiger charge is -1.69. The zero-order valence-corrected chi connectivity index (χ0v) is 7.50. The molecule has 0 heterocycles. The predicted molar refractivity (Wildman–Crippen MR) is 52.1 cm³/mol. The largest absolute Gasteiger partial charge is 0.631 e. The first-order valence-corrected chi connectivity index (χ1v) is 3.22. The third-order valence-corrected chi connectivity index (χ3v) is 0. The third-order valence-electron chi connectivity index (χ3n) is 0. The van der Waals surface area contributed by atoms with Gasteiger partial charge >= 0.3 is 7.32 Å². The first-order chi connectivity index (χ1) is 5.97. The molecule has 15 N–H and O–H groups in total. The molecule has 0 rings (SSSR count). The van der Waals surface area contributed by atoms with Gasteiger partial charge in [-0.1, -0.05) is 0 Å². The van der Waals surface area contributed by atoms with Crippen LogP contribution < -0.4 is 34.4 Å². The van der Waals surface area contributed by atoms with Crippen molar-refractivity contribution in [3.05, 3.63) is 0 Å². The van der Waals surface area contributed by atoms with Crippen LogP contribution in [-0.4, -0.2) is 42.4 Å². The van der Waals surface area contributed by atoms with Gasteiger partial charge in [-0.3, -0.25) is 0 Å². The lowest BCUT2D eigenvalue weighted by molar-refractivity contribution is 0.278. The molecule has 0 radical (unpaired) electrons. The Morgan fingerprint density at radius 2 is 0.615 bits per heavy atom. The van der Waals surface area contributed by atoms with Gasteiger partial charge in [-0.05, 0) is 0 Å².